The van der Waals surface area contributed by atoms with E-state index in [9.17, 15) is 9.59 Å². The monoisotopic (exact) mass is 220 g/mol. The summed E-state index contributed by atoms with van der Waals surface area (Å²) < 4.78 is 0. The molecule has 0 aromatic heterocycles. The average molecular weight is 220 g/mol. The number of aryl methyl sites for hydroxylation is 1. The second kappa shape index (κ2) is 5.30. The van der Waals surface area contributed by atoms with Gasteiger partial charge in [-0.2, -0.15) is 0 Å². The van der Waals surface area contributed by atoms with Gasteiger partial charge in [0.25, 0.3) is 0 Å². The average Bonchev–Trinajstić information content (AvgIpc) is 2.20. The summed E-state index contributed by atoms with van der Waals surface area (Å²) in [5.74, 6) is -1.25. The van der Waals surface area contributed by atoms with Crippen molar-refractivity contribution in [3.63, 3.8) is 0 Å². The number of hydrogen-bond acceptors (Lipinski definition) is 2. The van der Waals surface area contributed by atoms with Gasteiger partial charge >= 0.3 is 11.8 Å². The van der Waals surface area contributed by atoms with E-state index in [4.69, 9.17) is 0 Å². The molecule has 0 saturated heterocycles. The minimum absolute atomic E-state index is 0.0462. The molecule has 2 amide bonds. The lowest BCUT2D eigenvalue weighted by Gasteiger charge is -2.10. The molecule has 0 unspecified atom stereocenters. The topological polar surface area (TPSA) is 58.2 Å². The lowest BCUT2D eigenvalue weighted by atomic mass is 10.2. The van der Waals surface area contributed by atoms with Crippen LogP contribution in [0.4, 0.5) is 5.69 Å². The number of carbonyl (C=O) groups is 2. The van der Waals surface area contributed by atoms with Crippen molar-refractivity contribution in [1.29, 1.82) is 0 Å². The van der Waals surface area contributed by atoms with E-state index < -0.39 is 11.8 Å². The Labute approximate surface area is 95.0 Å². The summed E-state index contributed by atoms with van der Waals surface area (Å²) in [6, 6.07) is 7.27. The first-order chi connectivity index (χ1) is 7.50. The van der Waals surface area contributed by atoms with Gasteiger partial charge in [0.15, 0.2) is 0 Å². The molecule has 4 nitrogen and oxygen atoms in total. The molecule has 0 spiro atoms. The van der Waals surface area contributed by atoms with Crippen molar-refractivity contribution in [1.82, 2.24) is 5.32 Å². The van der Waals surface area contributed by atoms with E-state index in [2.05, 4.69) is 10.6 Å². The van der Waals surface area contributed by atoms with Gasteiger partial charge in [-0.25, -0.2) is 0 Å². The standard InChI is InChI=1S/C12H16N2O2/c1-8(2)13-11(15)12(16)14-10-7-5-4-6-9(10)3/h4-8H,1-3H3,(H,13,15)(H,14,16). The second-order valence-corrected chi connectivity index (χ2v) is 3.90. The van der Waals surface area contributed by atoms with Crippen molar-refractivity contribution >= 4 is 17.5 Å². The summed E-state index contributed by atoms with van der Waals surface area (Å²) in [5.41, 5.74) is 1.58. The zero-order valence-corrected chi connectivity index (χ0v) is 9.70. The molecule has 2 N–H and O–H groups in total. The first kappa shape index (κ1) is 12.2. The van der Waals surface area contributed by atoms with Crippen molar-refractivity contribution in [2.24, 2.45) is 0 Å². The van der Waals surface area contributed by atoms with E-state index >= 15 is 0 Å². The molecule has 86 valence electrons. The van der Waals surface area contributed by atoms with Crippen LogP contribution in [0.15, 0.2) is 24.3 Å². The van der Waals surface area contributed by atoms with Crippen LogP contribution in [0.1, 0.15) is 19.4 Å². The van der Waals surface area contributed by atoms with Gasteiger partial charge in [0, 0.05) is 11.7 Å². The molecule has 1 aromatic carbocycles. The third kappa shape index (κ3) is 3.38. The van der Waals surface area contributed by atoms with E-state index in [-0.39, 0.29) is 6.04 Å². The fourth-order valence-corrected chi connectivity index (χ4v) is 1.22. The van der Waals surface area contributed by atoms with E-state index in [1.165, 1.54) is 0 Å². The number of anilines is 1. The molecule has 4 heteroatoms. The number of para-hydroxylation sites is 1. The Bertz CT molecular complexity index is 400. The van der Waals surface area contributed by atoms with Crippen LogP contribution in [0.3, 0.4) is 0 Å². The zero-order chi connectivity index (χ0) is 12.1. The van der Waals surface area contributed by atoms with E-state index in [0.29, 0.717) is 5.69 Å². The van der Waals surface area contributed by atoms with Crippen LogP contribution in [-0.4, -0.2) is 17.9 Å². The van der Waals surface area contributed by atoms with E-state index in [1.807, 2.05) is 25.1 Å². The molecule has 1 aromatic rings. The maximum atomic E-state index is 11.5. The van der Waals surface area contributed by atoms with Crippen LogP contribution in [0.2, 0.25) is 0 Å². The van der Waals surface area contributed by atoms with Crippen LogP contribution in [-0.2, 0) is 9.59 Å². The maximum Gasteiger partial charge on any atom is 0.313 e. The normalized spacial score (nSPS) is 10.0. The summed E-state index contributed by atoms with van der Waals surface area (Å²) in [4.78, 5) is 22.8. The molecule has 0 bridgehead atoms. The molecular formula is C12H16N2O2. The third-order valence-corrected chi connectivity index (χ3v) is 2.02. The summed E-state index contributed by atoms with van der Waals surface area (Å²) in [6.45, 7) is 5.48. The molecule has 16 heavy (non-hydrogen) atoms. The number of rotatable bonds is 2. The molecule has 0 saturated carbocycles. The Kier molecular flexibility index (Phi) is 4.05. The van der Waals surface area contributed by atoms with Crippen molar-refractivity contribution in [3.05, 3.63) is 29.8 Å². The number of hydrogen-bond donors (Lipinski definition) is 2. The number of amides is 2. The molecule has 0 aliphatic rings. The molecule has 0 aliphatic carbocycles. The van der Waals surface area contributed by atoms with E-state index in [1.54, 1.807) is 19.9 Å². The Morgan fingerprint density at radius 3 is 2.31 bits per heavy atom. The molecular weight excluding hydrogens is 204 g/mol. The Morgan fingerprint density at radius 2 is 1.75 bits per heavy atom. The third-order valence-electron chi connectivity index (χ3n) is 2.02. The molecule has 0 aliphatic heterocycles. The number of benzene rings is 1. The molecule has 0 atom stereocenters. The number of nitrogens with one attached hydrogen (secondary N) is 2. The van der Waals surface area contributed by atoms with Gasteiger partial charge in [-0.05, 0) is 32.4 Å². The summed E-state index contributed by atoms with van der Waals surface area (Å²) >= 11 is 0. The highest BCUT2D eigenvalue weighted by atomic mass is 16.2. The van der Waals surface area contributed by atoms with E-state index in [0.717, 1.165) is 5.56 Å². The quantitative estimate of drug-likeness (QED) is 0.741. The highest BCUT2D eigenvalue weighted by Gasteiger charge is 2.14. The Balaban J connectivity index is 2.65. The van der Waals surface area contributed by atoms with Gasteiger partial charge < -0.3 is 10.6 Å². The van der Waals surface area contributed by atoms with Gasteiger partial charge in [0.2, 0.25) is 0 Å². The van der Waals surface area contributed by atoms with Crippen molar-refractivity contribution in [3.8, 4) is 0 Å². The highest BCUT2D eigenvalue weighted by Crippen LogP contribution is 2.12. The molecule has 0 heterocycles. The van der Waals surface area contributed by atoms with Crippen LogP contribution >= 0.6 is 0 Å². The maximum absolute atomic E-state index is 11.5. The predicted molar refractivity (Wildman–Crippen MR) is 63.1 cm³/mol. The largest absolute Gasteiger partial charge is 0.346 e. The fourth-order valence-electron chi connectivity index (χ4n) is 1.22. The summed E-state index contributed by atoms with van der Waals surface area (Å²) in [6.07, 6.45) is 0. The zero-order valence-electron chi connectivity index (χ0n) is 9.70. The van der Waals surface area contributed by atoms with Crippen LogP contribution in [0.25, 0.3) is 0 Å². The van der Waals surface area contributed by atoms with Gasteiger partial charge in [-0.1, -0.05) is 18.2 Å². The lowest BCUT2D eigenvalue weighted by molar-refractivity contribution is -0.136. The highest BCUT2D eigenvalue weighted by molar-refractivity contribution is 6.39. The fraction of sp³-hybridized carbons (Fsp3) is 0.333. The SMILES string of the molecule is Cc1ccccc1NC(=O)C(=O)NC(C)C. The Morgan fingerprint density at radius 1 is 1.12 bits per heavy atom. The first-order valence-electron chi connectivity index (χ1n) is 5.18. The van der Waals surface area contributed by atoms with Gasteiger partial charge in [0.05, 0.1) is 0 Å². The van der Waals surface area contributed by atoms with Crippen LogP contribution in [0, 0.1) is 6.92 Å². The van der Waals surface area contributed by atoms with Crippen LogP contribution in [0.5, 0.6) is 0 Å². The lowest BCUT2D eigenvalue weighted by Crippen LogP contribution is -2.39. The summed E-state index contributed by atoms with van der Waals surface area (Å²) in [5, 5.41) is 5.10. The molecule has 0 fully saturated rings. The molecule has 0 radical (unpaired) electrons. The first-order valence-corrected chi connectivity index (χ1v) is 5.18. The van der Waals surface area contributed by atoms with Crippen LogP contribution < -0.4 is 10.6 Å². The minimum atomic E-state index is -0.636. The van der Waals surface area contributed by atoms with Crippen molar-refractivity contribution in [2.45, 2.75) is 26.8 Å². The van der Waals surface area contributed by atoms with Gasteiger partial charge in [0.1, 0.15) is 0 Å². The Hall–Kier alpha value is -1.84. The minimum Gasteiger partial charge on any atom is -0.346 e. The smallest absolute Gasteiger partial charge is 0.313 e. The summed E-state index contributed by atoms with van der Waals surface area (Å²) in [7, 11) is 0. The van der Waals surface area contributed by atoms with Crippen molar-refractivity contribution < 1.29 is 9.59 Å². The van der Waals surface area contributed by atoms with Gasteiger partial charge in [-0.15, -0.1) is 0 Å². The number of carbonyl (C=O) groups excluding carboxylic acids is 2. The molecule has 1 rings (SSSR count). The van der Waals surface area contributed by atoms with Gasteiger partial charge in [-0.3, -0.25) is 9.59 Å². The second-order valence-electron chi connectivity index (χ2n) is 3.90. The predicted octanol–water partition coefficient (Wildman–Crippen LogP) is 1.46. The van der Waals surface area contributed by atoms with Crippen molar-refractivity contribution in [2.75, 3.05) is 5.32 Å².